The zero-order valence-corrected chi connectivity index (χ0v) is 20.6. The number of aromatic hydroxyl groups is 6. The predicted molar refractivity (Wildman–Crippen MR) is 139 cm³/mol. The number of carbonyl (C=O) groups excluding carboxylic acids is 2. The maximum Gasteiger partial charge on any atom is 0.182 e. The van der Waals surface area contributed by atoms with Gasteiger partial charge in [-0.25, -0.2) is 0 Å². The van der Waals surface area contributed by atoms with E-state index in [0.717, 1.165) is 12.1 Å². The second kappa shape index (κ2) is 9.12. The summed E-state index contributed by atoms with van der Waals surface area (Å²) < 4.78 is 12.3. The van der Waals surface area contributed by atoms with E-state index < -0.39 is 46.9 Å². The van der Waals surface area contributed by atoms with E-state index in [9.17, 15) is 40.2 Å². The Hall–Kier alpha value is -5.38. The molecule has 6 rings (SSSR count). The molecule has 40 heavy (non-hydrogen) atoms. The lowest BCUT2D eigenvalue weighted by molar-refractivity contribution is 0.0739. The second-order valence-electron chi connectivity index (χ2n) is 9.67. The van der Waals surface area contributed by atoms with Crippen LogP contribution in [0.2, 0.25) is 0 Å². The van der Waals surface area contributed by atoms with Crippen molar-refractivity contribution in [3.05, 3.63) is 94.5 Å². The first-order chi connectivity index (χ1) is 19.1. The number of phenolic OH excluding ortho intramolecular Hbond substituents is 6. The minimum atomic E-state index is -1.40. The first-order valence-electron chi connectivity index (χ1n) is 12.3. The van der Waals surface area contributed by atoms with Gasteiger partial charge in [-0.2, -0.15) is 0 Å². The molecule has 0 unspecified atom stereocenters. The maximum absolute atomic E-state index is 14.1. The van der Waals surface area contributed by atoms with Crippen LogP contribution in [0.15, 0.2) is 66.7 Å². The van der Waals surface area contributed by atoms with Crippen LogP contribution in [0.5, 0.6) is 46.0 Å². The third-order valence-corrected chi connectivity index (χ3v) is 7.14. The van der Waals surface area contributed by atoms with Gasteiger partial charge < -0.3 is 40.1 Å². The van der Waals surface area contributed by atoms with Crippen molar-refractivity contribution in [3.63, 3.8) is 0 Å². The zero-order valence-electron chi connectivity index (χ0n) is 20.6. The molecule has 0 saturated carbocycles. The summed E-state index contributed by atoms with van der Waals surface area (Å²) in [5.41, 5.74) is 0.302. The summed E-state index contributed by atoms with van der Waals surface area (Å²) >= 11 is 0. The monoisotopic (exact) mass is 542 g/mol. The first kappa shape index (κ1) is 24.9. The fraction of sp³-hybridized carbons (Fsp3) is 0.133. The maximum atomic E-state index is 14.1. The van der Waals surface area contributed by atoms with Gasteiger partial charge in [-0.05, 0) is 35.4 Å². The third-order valence-electron chi connectivity index (χ3n) is 7.14. The van der Waals surface area contributed by atoms with E-state index in [2.05, 4.69) is 0 Å². The van der Waals surface area contributed by atoms with E-state index in [1.54, 1.807) is 12.1 Å². The Morgan fingerprint density at radius 1 is 0.625 bits per heavy atom. The molecule has 2 aliphatic rings. The molecule has 0 bridgehead atoms. The van der Waals surface area contributed by atoms with Gasteiger partial charge in [-0.3, -0.25) is 9.59 Å². The van der Waals surface area contributed by atoms with Crippen LogP contribution in [-0.2, 0) is 0 Å². The molecule has 202 valence electrons. The summed E-state index contributed by atoms with van der Waals surface area (Å²) in [5, 5.41) is 61.9. The molecular formula is C30H22O10. The van der Waals surface area contributed by atoms with Crippen LogP contribution in [0.4, 0.5) is 0 Å². The van der Waals surface area contributed by atoms with Crippen molar-refractivity contribution in [1.82, 2.24) is 0 Å². The smallest absolute Gasteiger partial charge is 0.182 e. The molecule has 4 aromatic rings. The summed E-state index contributed by atoms with van der Waals surface area (Å²) in [7, 11) is 0. The molecule has 0 spiro atoms. The SMILES string of the molecule is O=C1C[C@H](c2ccc(O)cc2)Oc2c1c(O)cc(O)c2[C@H]1C(=O)c2c(O)cc(O)cc2O[C@H]1c1ccc(O)cc1. The Morgan fingerprint density at radius 3 is 1.88 bits per heavy atom. The lowest BCUT2D eigenvalue weighted by atomic mass is 9.78. The molecule has 2 aliphatic heterocycles. The van der Waals surface area contributed by atoms with Crippen molar-refractivity contribution in [3.8, 4) is 46.0 Å². The van der Waals surface area contributed by atoms with Crippen molar-refractivity contribution in [2.75, 3.05) is 0 Å². The Kier molecular flexibility index (Phi) is 5.69. The quantitative estimate of drug-likeness (QED) is 0.212. The summed E-state index contributed by atoms with van der Waals surface area (Å²) in [6, 6.07) is 14.8. The van der Waals surface area contributed by atoms with Gasteiger partial charge in [0.1, 0.15) is 69.3 Å². The van der Waals surface area contributed by atoms with Crippen molar-refractivity contribution >= 4 is 11.6 Å². The van der Waals surface area contributed by atoms with E-state index in [1.807, 2.05) is 0 Å². The molecule has 2 heterocycles. The van der Waals surface area contributed by atoms with Crippen molar-refractivity contribution in [2.45, 2.75) is 24.5 Å². The van der Waals surface area contributed by atoms with Gasteiger partial charge in [0, 0.05) is 18.2 Å². The Bertz CT molecular complexity index is 1670. The number of ketones is 2. The second-order valence-corrected chi connectivity index (χ2v) is 9.67. The van der Waals surface area contributed by atoms with Crippen LogP contribution in [0.25, 0.3) is 0 Å². The minimum Gasteiger partial charge on any atom is -0.508 e. The molecular weight excluding hydrogens is 520 g/mol. The molecule has 10 heteroatoms. The molecule has 10 nitrogen and oxygen atoms in total. The van der Waals surface area contributed by atoms with E-state index in [4.69, 9.17) is 9.47 Å². The highest BCUT2D eigenvalue weighted by molar-refractivity contribution is 6.09. The number of Topliss-reactive ketones (excluding diaryl/α,β-unsaturated/α-hetero) is 2. The lowest BCUT2D eigenvalue weighted by Gasteiger charge is -2.36. The van der Waals surface area contributed by atoms with Crippen LogP contribution in [-0.4, -0.2) is 42.2 Å². The topological polar surface area (TPSA) is 174 Å². The van der Waals surface area contributed by atoms with E-state index in [1.165, 1.54) is 42.5 Å². The Morgan fingerprint density at radius 2 is 1.23 bits per heavy atom. The number of rotatable bonds is 3. The van der Waals surface area contributed by atoms with Gasteiger partial charge >= 0.3 is 0 Å². The van der Waals surface area contributed by atoms with Crippen LogP contribution in [0.3, 0.4) is 0 Å². The molecule has 0 aliphatic carbocycles. The summed E-state index contributed by atoms with van der Waals surface area (Å²) in [6.07, 6.45) is -2.20. The fourth-order valence-corrected chi connectivity index (χ4v) is 5.30. The predicted octanol–water partition coefficient (Wildman–Crippen LogP) is 4.73. The molecule has 0 saturated heterocycles. The number of phenols is 6. The fourth-order valence-electron chi connectivity index (χ4n) is 5.30. The molecule has 0 aromatic heterocycles. The highest BCUT2D eigenvalue weighted by Gasteiger charge is 2.46. The summed E-state index contributed by atoms with van der Waals surface area (Å²) in [4.78, 5) is 27.4. The normalized spacial score (nSPS) is 19.8. The van der Waals surface area contributed by atoms with Gasteiger partial charge in [-0.1, -0.05) is 24.3 Å². The zero-order chi connectivity index (χ0) is 28.3. The molecule has 6 N–H and O–H groups in total. The van der Waals surface area contributed by atoms with Gasteiger partial charge in [0.05, 0.1) is 17.9 Å². The molecule has 3 atom stereocenters. The highest BCUT2D eigenvalue weighted by atomic mass is 16.5. The average Bonchev–Trinajstić information content (AvgIpc) is 2.89. The van der Waals surface area contributed by atoms with Gasteiger partial charge in [-0.15, -0.1) is 0 Å². The van der Waals surface area contributed by atoms with Crippen molar-refractivity contribution in [1.29, 1.82) is 0 Å². The molecule has 0 radical (unpaired) electrons. The van der Waals surface area contributed by atoms with Crippen LogP contribution >= 0.6 is 0 Å². The van der Waals surface area contributed by atoms with Crippen LogP contribution in [0.1, 0.15) is 62.0 Å². The minimum absolute atomic E-state index is 0.00784. The van der Waals surface area contributed by atoms with E-state index in [-0.39, 0.29) is 51.9 Å². The first-order valence-corrected chi connectivity index (χ1v) is 12.3. The molecule has 0 fully saturated rings. The molecule has 0 amide bonds. The number of hydrogen-bond acceptors (Lipinski definition) is 10. The van der Waals surface area contributed by atoms with Crippen LogP contribution < -0.4 is 9.47 Å². The van der Waals surface area contributed by atoms with Gasteiger partial charge in [0.25, 0.3) is 0 Å². The van der Waals surface area contributed by atoms with Crippen LogP contribution in [0, 0.1) is 0 Å². The Labute approximate surface area is 226 Å². The summed E-state index contributed by atoms with van der Waals surface area (Å²) in [6.45, 7) is 0. The number of carbonyl (C=O) groups is 2. The van der Waals surface area contributed by atoms with E-state index in [0.29, 0.717) is 11.1 Å². The number of hydrogen-bond donors (Lipinski definition) is 6. The third kappa shape index (κ3) is 3.97. The number of fused-ring (bicyclic) bond motifs is 2. The number of benzene rings is 4. The highest BCUT2D eigenvalue weighted by Crippen LogP contribution is 2.55. The van der Waals surface area contributed by atoms with Crippen molar-refractivity contribution in [2.24, 2.45) is 0 Å². The lowest BCUT2D eigenvalue weighted by Crippen LogP contribution is -2.32. The standard InChI is InChI=1S/C30H22O10/c31-15-5-1-13(2-6-15)22-12-21(37)24-19(35)11-20(36)26(30(24)39-22)27-28(38)25-18(34)9-17(33)10-23(25)40-29(27)14-3-7-16(32)8-4-14/h1-11,22,27,29,31-36H,12H2/t22-,27+,29+/m1/s1. The van der Waals surface area contributed by atoms with Crippen molar-refractivity contribution < 1.29 is 49.7 Å². The number of ether oxygens (including phenoxy) is 2. The average molecular weight is 542 g/mol. The largest absolute Gasteiger partial charge is 0.508 e. The summed E-state index contributed by atoms with van der Waals surface area (Å²) in [5.74, 6) is -4.97. The van der Waals surface area contributed by atoms with Gasteiger partial charge in [0.2, 0.25) is 0 Å². The molecule has 4 aromatic carbocycles. The Balaban J connectivity index is 1.57. The van der Waals surface area contributed by atoms with Gasteiger partial charge in [0.15, 0.2) is 11.6 Å². The van der Waals surface area contributed by atoms with E-state index >= 15 is 0 Å².